The Morgan fingerprint density at radius 2 is 0.806 bits per heavy atom. The van der Waals surface area contributed by atoms with Gasteiger partial charge in [0.05, 0.1) is 41.7 Å². The van der Waals surface area contributed by atoms with Crippen molar-refractivity contribution < 1.29 is 38.5 Å². The van der Waals surface area contributed by atoms with E-state index in [1.807, 2.05) is 18.2 Å². The molecule has 24 nitrogen and oxygen atoms in total. The quantitative estimate of drug-likeness (QED) is 0.0250. The molecular weight excluding hydrogens is 1330 g/mol. The number of nitro benzene ring substituents is 3. The fourth-order valence-electron chi connectivity index (χ4n) is 10.0. The molecule has 0 atom stereocenters. The lowest BCUT2D eigenvalue weighted by Gasteiger charge is -2.36. The van der Waals surface area contributed by atoms with Crippen LogP contribution in [0.4, 0.5) is 38.5 Å². The number of nitrogens with two attached hydrogens (primary N) is 1. The van der Waals surface area contributed by atoms with Crippen LogP contribution < -0.4 is 35.1 Å². The highest BCUT2D eigenvalue weighted by molar-refractivity contribution is 9.10. The van der Waals surface area contributed by atoms with E-state index in [1.54, 1.807) is 18.2 Å². The van der Waals surface area contributed by atoms with Crippen LogP contribution in [0.5, 0.6) is 17.2 Å². The van der Waals surface area contributed by atoms with Crippen LogP contribution in [0.25, 0.3) is 0 Å². The Morgan fingerprint density at radius 1 is 0.473 bits per heavy atom. The first kappa shape index (κ1) is 83.5. The topological polar surface area (TPSA) is 245 Å². The molecule has 4 aromatic rings. The number of halogens is 3. The molecule has 3 fully saturated rings. The lowest BCUT2D eigenvalue weighted by molar-refractivity contribution is -0.385. The van der Waals surface area contributed by atoms with Crippen LogP contribution in [-0.2, 0) is 0 Å². The number of anilines is 3. The van der Waals surface area contributed by atoms with E-state index >= 15 is 0 Å². The molecule has 0 aliphatic carbocycles. The summed E-state index contributed by atoms with van der Waals surface area (Å²) < 4.78 is 30.9. The van der Waals surface area contributed by atoms with Gasteiger partial charge in [-0.1, -0.05) is 76.2 Å². The van der Waals surface area contributed by atoms with Crippen molar-refractivity contribution in [2.75, 3.05) is 219 Å². The van der Waals surface area contributed by atoms with Gasteiger partial charge in [-0.3, -0.25) is 30.3 Å². The zero-order valence-electron chi connectivity index (χ0n) is 57.5. The first-order valence-corrected chi connectivity index (χ1v) is 34.8. The largest absolute Gasteiger partial charge is 0.491 e. The maximum atomic E-state index is 12.5. The summed E-state index contributed by atoms with van der Waals surface area (Å²) in [5.41, 5.74) is 8.83. The van der Waals surface area contributed by atoms with Gasteiger partial charge in [-0.25, -0.2) is 4.39 Å². The summed E-state index contributed by atoms with van der Waals surface area (Å²) in [6, 6.07) is 18.7. The fourth-order valence-corrected chi connectivity index (χ4v) is 10.9. The molecule has 27 heteroatoms. The smallest absolute Gasteiger partial charge is 0.271 e. The van der Waals surface area contributed by atoms with Crippen molar-refractivity contribution in [1.29, 1.82) is 0 Å². The van der Waals surface area contributed by atoms with E-state index in [1.165, 1.54) is 50.9 Å². The SMILES string of the molecule is CCN(CC)CCO.CCN(CC)CCOc1ccc(N)cc1N1CCN(CC)CC1.CCN(CC)CCOc1ccc([N+](=O)[O-])cc1Br.CCN(CC)CCOc1ccc([N+](=O)[O-])cc1N1CCN(CC)CC1.CCN1CCNCC1.O=[N+]([O-])c1ccc(F)c(Br)c1. The maximum Gasteiger partial charge on any atom is 0.271 e. The summed E-state index contributed by atoms with van der Waals surface area (Å²) in [4.78, 5) is 51.5. The Balaban J connectivity index is 0.000000400. The number of hydrogen-bond acceptors (Lipinski definition) is 21. The summed E-state index contributed by atoms with van der Waals surface area (Å²) >= 11 is 6.11. The highest BCUT2D eigenvalue weighted by Gasteiger charge is 2.23. The highest BCUT2D eigenvalue weighted by atomic mass is 79.9. The van der Waals surface area contributed by atoms with Crippen LogP contribution in [0, 0.1) is 36.2 Å². The van der Waals surface area contributed by atoms with Gasteiger partial charge in [0.2, 0.25) is 0 Å². The molecule has 93 heavy (non-hydrogen) atoms. The van der Waals surface area contributed by atoms with Crippen LogP contribution in [0.2, 0.25) is 0 Å². The second-order valence-corrected chi connectivity index (χ2v) is 23.5. The van der Waals surface area contributed by atoms with Crippen LogP contribution in [0.1, 0.15) is 76.2 Å². The van der Waals surface area contributed by atoms with Gasteiger partial charge in [0.15, 0.2) is 0 Å². The highest BCUT2D eigenvalue weighted by Crippen LogP contribution is 2.34. The van der Waals surface area contributed by atoms with Gasteiger partial charge in [0, 0.05) is 147 Å². The number of nitrogen functional groups attached to an aromatic ring is 1. The number of nitro groups is 3. The van der Waals surface area contributed by atoms with Gasteiger partial charge >= 0.3 is 0 Å². The van der Waals surface area contributed by atoms with Gasteiger partial charge in [-0.2, -0.15) is 0 Å². The van der Waals surface area contributed by atoms with Crippen LogP contribution in [-0.4, -0.2) is 257 Å². The lowest BCUT2D eigenvalue weighted by Crippen LogP contribution is -2.46. The van der Waals surface area contributed by atoms with Crippen LogP contribution in [0.3, 0.4) is 0 Å². The monoisotopic (exact) mass is 1440 g/mol. The molecular formula is C66H111Br2FN14O10. The van der Waals surface area contributed by atoms with E-state index in [0.29, 0.717) is 30.0 Å². The van der Waals surface area contributed by atoms with E-state index in [2.05, 4.69) is 157 Å². The first-order valence-electron chi connectivity index (χ1n) is 33.2. The molecule has 7 rings (SSSR count). The van der Waals surface area contributed by atoms with Crippen molar-refractivity contribution in [2.24, 2.45) is 0 Å². The van der Waals surface area contributed by atoms with Crippen molar-refractivity contribution in [3.8, 4) is 17.2 Å². The molecule has 0 amide bonds. The number of aliphatic hydroxyl groups excluding tert-OH is 1. The zero-order valence-corrected chi connectivity index (χ0v) is 60.7. The molecule has 4 aromatic carbocycles. The number of nitrogens with one attached hydrogen (secondary N) is 1. The van der Waals surface area contributed by atoms with Crippen molar-refractivity contribution in [3.05, 3.63) is 118 Å². The first-order chi connectivity index (χ1) is 44.7. The molecule has 0 aromatic heterocycles. The average Bonchev–Trinajstić information content (AvgIpc) is 1.20. The molecule has 0 spiro atoms. The Hall–Kier alpha value is -5.59. The Labute approximate surface area is 571 Å². The predicted molar refractivity (Wildman–Crippen MR) is 384 cm³/mol. The predicted octanol–water partition coefficient (Wildman–Crippen LogP) is 10.4. The third-order valence-electron chi connectivity index (χ3n) is 16.3. The van der Waals surface area contributed by atoms with Crippen molar-refractivity contribution >= 4 is 66.0 Å². The van der Waals surface area contributed by atoms with Crippen molar-refractivity contribution in [3.63, 3.8) is 0 Å². The summed E-state index contributed by atoms with van der Waals surface area (Å²) in [7, 11) is 0. The normalized spacial score (nSPS) is 14.3. The van der Waals surface area contributed by atoms with Crippen LogP contribution in [0.15, 0.2) is 81.7 Å². The summed E-state index contributed by atoms with van der Waals surface area (Å²) in [5, 5.41) is 43.6. The number of non-ortho nitro benzene ring substituents is 3. The average molecular weight is 1440 g/mol. The molecule has 0 unspecified atom stereocenters. The van der Waals surface area contributed by atoms with Gasteiger partial charge in [0.25, 0.3) is 17.1 Å². The van der Waals surface area contributed by atoms with E-state index in [9.17, 15) is 34.7 Å². The third kappa shape index (κ3) is 32.6. The molecule has 0 bridgehead atoms. The molecule has 0 radical (unpaired) electrons. The lowest BCUT2D eigenvalue weighted by atomic mass is 10.2. The summed E-state index contributed by atoms with van der Waals surface area (Å²) in [6.45, 7) is 53.5. The molecule has 0 saturated carbocycles. The Bertz CT molecular complexity index is 2670. The van der Waals surface area contributed by atoms with Crippen molar-refractivity contribution in [2.45, 2.75) is 76.2 Å². The maximum absolute atomic E-state index is 12.5. The molecule has 4 N–H and O–H groups in total. The second kappa shape index (κ2) is 49.0. The number of ether oxygens (including phenoxy) is 3. The molecule has 3 saturated heterocycles. The van der Waals surface area contributed by atoms with Crippen molar-refractivity contribution in [1.82, 2.24) is 39.6 Å². The number of nitrogens with zero attached hydrogens (tertiary/aromatic N) is 12. The molecule has 3 heterocycles. The minimum absolute atomic E-state index is 0.0537. The van der Waals surface area contributed by atoms with Gasteiger partial charge in [-0.05, 0) is 140 Å². The Kier molecular flexibility index (Phi) is 44.0. The molecule has 526 valence electrons. The number of likely N-dealkylation sites (N-methyl/N-ethyl adjacent to an activating group) is 7. The van der Waals surface area contributed by atoms with E-state index in [0.717, 1.165) is 191 Å². The van der Waals surface area contributed by atoms with E-state index in [4.69, 9.17) is 25.1 Å². The number of piperazine rings is 3. The zero-order chi connectivity index (χ0) is 69.1. The van der Waals surface area contributed by atoms with Gasteiger partial charge in [-0.15, -0.1) is 0 Å². The number of hydrogen-bond donors (Lipinski definition) is 3. The van der Waals surface area contributed by atoms with Gasteiger partial charge < -0.3 is 74.5 Å². The van der Waals surface area contributed by atoms with E-state index < -0.39 is 15.7 Å². The third-order valence-corrected chi connectivity index (χ3v) is 17.6. The minimum atomic E-state index is -0.579. The molecule has 3 aliphatic rings. The fraction of sp³-hybridized carbons (Fsp3) is 0.636. The summed E-state index contributed by atoms with van der Waals surface area (Å²) in [5.74, 6) is 1.82. The number of benzene rings is 4. The van der Waals surface area contributed by atoms with Crippen LogP contribution >= 0.6 is 31.9 Å². The number of rotatable bonds is 30. The number of aliphatic hydroxyl groups is 1. The van der Waals surface area contributed by atoms with Gasteiger partial charge in [0.1, 0.15) is 42.9 Å². The molecule has 3 aliphatic heterocycles. The van der Waals surface area contributed by atoms with E-state index in [-0.39, 0.29) is 33.1 Å². The second-order valence-electron chi connectivity index (χ2n) is 21.8. The summed E-state index contributed by atoms with van der Waals surface area (Å²) in [6.07, 6.45) is 0. The Morgan fingerprint density at radius 3 is 1.15 bits per heavy atom. The minimum Gasteiger partial charge on any atom is -0.491 e. The standard InChI is InChI=1S/C18H30N4O3.C18H32N4O.C12H17BrN2O3.C6H3BrFNO2.C6H14N2.C6H15NO/c1-4-19(5-2)13-14-25-18-8-7-16(22(23)24)15-17(18)21-11-9-20(6-3)10-12-21;1-4-20(5-2)13-14-23-18-8-7-16(19)15-17(18)22-11-9-21(6-3)10-12-22;1-3-14(4-2)7-8-18-12-6-5-10(15(16)17)9-11(12)13;7-5-3-4(9(10)11)1-2-6(5)8;1-2-8-5-3-7-4-6-8;1-3-7(4-2)5-6-8/h7-8,15H,4-6,9-14H2,1-3H3;7-8,15H,4-6,9-14,19H2,1-3H3;5-6,9H,3-4,7-8H2,1-2H3;1-3H;7H,2-6H2,1H3;8H,3-6H2,1-2H3.